The molecule has 0 rings (SSSR count). The topological polar surface area (TPSA) is 3.24 Å². The Hall–Kier alpha value is -0.460. The van der Waals surface area contributed by atoms with Gasteiger partial charge in [0, 0.05) is 7.05 Å². The Morgan fingerprint density at radius 1 is 0.800 bits per heavy atom. The predicted octanol–water partition coefficient (Wildman–Crippen LogP) is 1.96. The van der Waals surface area contributed by atoms with Crippen molar-refractivity contribution in [3.63, 3.8) is 0 Å². The van der Waals surface area contributed by atoms with Crippen LogP contribution in [0.2, 0.25) is 0 Å². The Labute approximate surface area is 52.2 Å². The first-order chi connectivity index (χ1) is 4.15. The zero-order valence-electron chi connectivity index (χ0n) is 4.72. The van der Waals surface area contributed by atoms with Gasteiger partial charge in [0.1, 0.15) is 0 Å². The second-order valence-electron chi connectivity index (χ2n) is 1.49. The van der Waals surface area contributed by atoms with E-state index in [0.29, 0.717) is 0 Å². The zero-order valence-corrected chi connectivity index (χ0v) is 4.72. The molecule has 7 heteroatoms. The van der Waals surface area contributed by atoms with E-state index in [-0.39, 0.29) is 7.05 Å². The minimum atomic E-state index is -5.35. The van der Waals surface area contributed by atoms with Crippen molar-refractivity contribution in [3.8, 4) is 0 Å². The standard InChI is InChI=1S/C3H3F6N/c1-10(2(4,5)6)3(7,8)9/h1H3. The lowest BCUT2D eigenvalue weighted by Gasteiger charge is -2.21. The summed E-state index contributed by atoms with van der Waals surface area (Å²) in [7, 11) is -0.0833. The summed E-state index contributed by atoms with van der Waals surface area (Å²) < 4.78 is 66.9. The molecule has 10 heavy (non-hydrogen) atoms. The van der Waals surface area contributed by atoms with Gasteiger partial charge in [0.15, 0.2) is 0 Å². The molecule has 0 aromatic rings. The van der Waals surface area contributed by atoms with E-state index in [2.05, 4.69) is 0 Å². The van der Waals surface area contributed by atoms with Gasteiger partial charge in [0.2, 0.25) is 0 Å². The summed E-state index contributed by atoms with van der Waals surface area (Å²) in [5.74, 6) is 0. The molecule has 1 nitrogen and oxygen atoms in total. The maximum atomic E-state index is 11.2. The third kappa shape index (κ3) is 2.42. The monoisotopic (exact) mass is 167 g/mol. The average molecular weight is 167 g/mol. The summed E-state index contributed by atoms with van der Waals surface area (Å²) in [5, 5.41) is 0. The van der Waals surface area contributed by atoms with E-state index < -0.39 is 17.5 Å². The van der Waals surface area contributed by atoms with Crippen molar-refractivity contribution >= 4 is 0 Å². The smallest absolute Gasteiger partial charge is 0.155 e. The van der Waals surface area contributed by atoms with Crippen LogP contribution >= 0.6 is 0 Å². The van der Waals surface area contributed by atoms with E-state index >= 15 is 0 Å². The van der Waals surface area contributed by atoms with Crippen molar-refractivity contribution in [3.05, 3.63) is 0 Å². The molecule has 0 saturated heterocycles. The van der Waals surface area contributed by atoms with Gasteiger partial charge in [-0.15, -0.1) is 4.90 Å². The zero-order chi connectivity index (χ0) is 8.58. The molecule has 62 valence electrons. The van der Waals surface area contributed by atoms with Gasteiger partial charge in [0.05, 0.1) is 0 Å². The lowest BCUT2D eigenvalue weighted by Crippen LogP contribution is -2.44. The van der Waals surface area contributed by atoms with Gasteiger partial charge in [-0.2, -0.15) is 26.3 Å². The van der Waals surface area contributed by atoms with Crippen molar-refractivity contribution in [2.24, 2.45) is 0 Å². The number of alkyl halides is 6. The van der Waals surface area contributed by atoms with Crippen molar-refractivity contribution in [1.82, 2.24) is 4.90 Å². The number of rotatable bonds is 0. The molecule has 0 amide bonds. The van der Waals surface area contributed by atoms with E-state index in [9.17, 15) is 26.3 Å². The van der Waals surface area contributed by atoms with Crippen LogP contribution in [0.5, 0.6) is 0 Å². The highest BCUT2D eigenvalue weighted by Crippen LogP contribution is 2.30. The molecule has 0 aromatic heterocycles. The van der Waals surface area contributed by atoms with Crippen LogP contribution in [-0.4, -0.2) is 24.5 Å². The van der Waals surface area contributed by atoms with Gasteiger partial charge in [-0.3, -0.25) is 0 Å². The molecule has 0 unspecified atom stereocenters. The fraction of sp³-hybridized carbons (Fsp3) is 1.00. The van der Waals surface area contributed by atoms with Gasteiger partial charge >= 0.3 is 12.6 Å². The van der Waals surface area contributed by atoms with Gasteiger partial charge in [-0.1, -0.05) is 0 Å². The van der Waals surface area contributed by atoms with Crippen molar-refractivity contribution in [2.75, 3.05) is 7.05 Å². The second-order valence-corrected chi connectivity index (χ2v) is 1.49. The predicted molar refractivity (Wildman–Crippen MR) is 19.9 cm³/mol. The molecule has 0 fully saturated rings. The fourth-order valence-electron chi connectivity index (χ4n) is 0.144. The third-order valence-corrected chi connectivity index (χ3v) is 0.761. The SMILES string of the molecule is CN(C(F)(F)F)C(F)(F)F. The van der Waals surface area contributed by atoms with Crippen LogP contribution in [0.1, 0.15) is 0 Å². The third-order valence-electron chi connectivity index (χ3n) is 0.761. The molecule has 0 heterocycles. The molecule has 0 atom stereocenters. The Morgan fingerprint density at radius 3 is 1.00 bits per heavy atom. The Kier molecular flexibility index (Phi) is 2.19. The Bertz CT molecular complexity index is 97.1. The van der Waals surface area contributed by atoms with Crippen LogP contribution in [0.25, 0.3) is 0 Å². The number of nitrogens with zero attached hydrogens (tertiary/aromatic N) is 1. The molecule has 0 bridgehead atoms. The normalized spacial score (nSPS) is 14.4. The van der Waals surface area contributed by atoms with Gasteiger partial charge in [0.25, 0.3) is 0 Å². The first-order valence-electron chi connectivity index (χ1n) is 2.03. The largest absolute Gasteiger partial charge is 0.466 e. The highest BCUT2D eigenvalue weighted by Gasteiger charge is 2.50. The summed E-state index contributed by atoms with van der Waals surface area (Å²) in [6.07, 6.45) is -10.7. The summed E-state index contributed by atoms with van der Waals surface area (Å²) in [5.41, 5.74) is 0. The van der Waals surface area contributed by atoms with Crippen molar-refractivity contribution in [2.45, 2.75) is 12.6 Å². The molecule has 0 saturated carbocycles. The molecule has 0 N–H and O–H groups in total. The molecule has 0 spiro atoms. The van der Waals surface area contributed by atoms with Crippen LogP contribution in [0, 0.1) is 0 Å². The van der Waals surface area contributed by atoms with E-state index in [0.717, 1.165) is 0 Å². The second kappa shape index (κ2) is 2.30. The van der Waals surface area contributed by atoms with Gasteiger partial charge in [-0.05, 0) is 0 Å². The molecule has 0 aliphatic heterocycles. The molecular formula is C3H3F6N. The maximum absolute atomic E-state index is 11.2. The Balaban J connectivity index is 4.23. The lowest BCUT2D eigenvalue weighted by molar-refractivity contribution is -0.363. The van der Waals surface area contributed by atoms with Gasteiger partial charge < -0.3 is 0 Å². The van der Waals surface area contributed by atoms with Crippen LogP contribution in [0.15, 0.2) is 0 Å². The van der Waals surface area contributed by atoms with Crippen LogP contribution < -0.4 is 0 Å². The summed E-state index contributed by atoms with van der Waals surface area (Å²) in [4.78, 5) is -1.62. The first-order valence-corrected chi connectivity index (χ1v) is 2.03. The summed E-state index contributed by atoms with van der Waals surface area (Å²) in [6, 6.07) is 0. The van der Waals surface area contributed by atoms with Crippen LogP contribution in [0.4, 0.5) is 26.3 Å². The van der Waals surface area contributed by atoms with Crippen molar-refractivity contribution in [1.29, 1.82) is 0 Å². The summed E-state index contributed by atoms with van der Waals surface area (Å²) in [6.45, 7) is 0. The number of halogens is 6. The summed E-state index contributed by atoms with van der Waals surface area (Å²) >= 11 is 0. The highest BCUT2D eigenvalue weighted by molar-refractivity contribution is 4.54. The average Bonchev–Trinajstić information content (AvgIpc) is 1.59. The Morgan fingerprint density at radius 2 is 1.00 bits per heavy atom. The number of hydrogen-bond donors (Lipinski definition) is 0. The minimum Gasteiger partial charge on any atom is -0.155 e. The number of hydrogen-bond acceptors (Lipinski definition) is 1. The molecule has 0 aromatic carbocycles. The quantitative estimate of drug-likeness (QED) is 0.393. The minimum absolute atomic E-state index is 0.0833. The lowest BCUT2D eigenvalue weighted by atomic mass is 10.8. The molecule has 0 radical (unpaired) electrons. The molecule has 0 aliphatic carbocycles. The molecular weight excluding hydrogens is 164 g/mol. The van der Waals surface area contributed by atoms with E-state index in [1.807, 2.05) is 0 Å². The maximum Gasteiger partial charge on any atom is 0.466 e. The highest BCUT2D eigenvalue weighted by atomic mass is 19.4. The van der Waals surface area contributed by atoms with Crippen molar-refractivity contribution < 1.29 is 26.3 Å². The van der Waals surface area contributed by atoms with E-state index in [1.165, 1.54) is 0 Å². The van der Waals surface area contributed by atoms with E-state index in [4.69, 9.17) is 0 Å². The molecule has 0 aliphatic rings. The van der Waals surface area contributed by atoms with Crippen LogP contribution in [0.3, 0.4) is 0 Å². The fourth-order valence-corrected chi connectivity index (χ4v) is 0.144. The van der Waals surface area contributed by atoms with Crippen LogP contribution in [-0.2, 0) is 0 Å². The van der Waals surface area contributed by atoms with E-state index in [1.54, 1.807) is 0 Å². The van der Waals surface area contributed by atoms with Gasteiger partial charge in [-0.25, -0.2) is 0 Å². The first kappa shape index (κ1) is 9.54.